The molecule has 5 rings (SSSR count). The van der Waals surface area contributed by atoms with Crippen LogP contribution in [-0.2, 0) is 17.6 Å². The minimum Gasteiger partial charge on any atom is -0.425 e. The van der Waals surface area contributed by atoms with Gasteiger partial charge in [-0.2, -0.15) is 0 Å². The first kappa shape index (κ1) is 20.2. The lowest BCUT2D eigenvalue weighted by atomic mass is 10.0. The maximum Gasteiger partial charge on any atom is 0.339 e. The van der Waals surface area contributed by atoms with Gasteiger partial charge < -0.3 is 9.15 Å². The Bertz CT molecular complexity index is 1320. The molecule has 1 atom stereocenters. The van der Waals surface area contributed by atoms with Gasteiger partial charge in [-0.3, -0.25) is 14.5 Å². The highest BCUT2D eigenvalue weighted by molar-refractivity contribution is 6.22. The maximum atomic E-state index is 13.1. The molecular weight excluding hydrogens is 410 g/mol. The maximum absolute atomic E-state index is 13.1. The summed E-state index contributed by atoms with van der Waals surface area (Å²) in [6.45, 7) is 3.50. The number of fused-ring (bicyclic) bond motifs is 4. The zero-order valence-electron chi connectivity index (χ0n) is 17.7. The van der Waals surface area contributed by atoms with E-state index in [-0.39, 0.29) is 28.4 Å². The van der Waals surface area contributed by atoms with Crippen molar-refractivity contribution in [3.8, 4) is 5.75 Å². The highest BCUT2D eigenvalue weighted by atomic mass is 16.5. The number of amides is 2. The Kier molecular flexibility index (Phi) is 4.69. The van der Waals surface area contributed by atoms with E-state index in [2.05, 4.69) is 0 Å². The van der Waals surface area contributed by atoms with Crippen molar-refractivity contribution in [2.24, 2.45) is 5.92 Å². The van der Waals surface area contributed by atoms with Crippen molar-refractivity contribution >= 4 is 28.8 Å². The first-order valence-corrected chi connectivity index (χ1v) is 10.6. The molecule has 1 aromatic heterocycles. The lowest BCUT2D eigenvalue weighted by molar-refractivity contribution is -0.140. The van der Waals surface area contributed by atoms with Gasteiger partial charge in [0, 0.05) is 17.0 Å². The minimum atomic E-state index is -1.09. The number of hydrogen-bond acceptors (Lipinski definition) is 6. The van der Waals surface area contributed by atoms with Crippen LogP contribution in [0.4, 0.5) is 0 Å². The van der Waals surface area contributed by atoms with Crippen LogP contribution in [0, 0.1) is 5.92 Å². The van der Waals surface area contributed by atoms with E-state index in [9.17, 15) is 19.2 Å². The van der Waals surface area contributed by atoms with Crippen LogP contribution in [0.25, 0.3) is 11.0 Å². The van der Waals surface area contributed by atoms with Crippen LogP contribution in [0.1, 0.15) is 52.1 Å². The number of aryl methyl sites for hydroxylation is 1. The van der Waals surface area contributed by atoms with Gasteiger partial charge in [0.15, 0.2) is 0 Å². The molecule has 0 saturated heterocycles. The summed E-state index contributed by atoms with van der Waals surface area (Å²) in [5, 5.41) is 0.831. The summed E-state index contributed by atoms with van der Waals surface area (Å²) >= 11 is 0. The quantitative estimate of drug-likeness (QED) is 0.272. The molecule has 1 aliphatic heterocycles. The van der Waals surface area contributed by atoms with Gasteiger partial charge in [-0.1, -0.05) is 26.0 Å². The number of rotatable bonds is 4. The van der Waals surface area contributed by atoms with Crippen LogP contribution < -0.4 is 10.4 Å². The van der Waals surface area contributed by atoms with Crippen molar-refractivity contribution in [2.45, 2.75) is 39.2 Å². The number of carbonyl (C=O) groups is 3. The number of hydrogen-bond donors (Lipinski definition) is 0. The predicted molar refractivity (Wildman–Crippen MR) is 116 cm³/mol. The molecule has 1 aliphatic carbocycles. The van der Waals surface area contributed by atoms with Gasteiger partial charge in [0.2, 0.25) is 0 Å². The van der Waals surface area contributed by atoms with Crippen molar-refractivity contribution in [3.63, 3.8) is 0 Å². The van der Waals surface area contributed by atoms with Crippen LogP contribution in [0.15, 0.2) is 51.7 Å². The van der Waals surface area contributed by atoms with Gasteiger partial charge in [-0.15, -0.1) is 0 Å². The lowest BCUT2D eigenvalue weighted by Gasteiger charge is -2.27. The standard InChI is InChI=1S/C25H21NO6/c1-13(2)21(26-22(27)17-6-3-4-7-18(17)23(26)28)25(30)31-14-10-11-16-15-8-5-9-19(15)24(29)32-20(16)12-14/h3-4,6-7,10-13,21H,5,8-9H2,1-2H3. The highest BCUT2D eigenvalue weighted by Gasteiger charge is 2.44. The Labute approximate surface area is 183 Å². The monoisotopic (exact) mass is 431 g/mol. The topological polar surface area (TPSA) is 93.9 Å². The fourth-order valence-corrected chi connectivity index (χ4v) is 4.64. The molecule has 3 aromatic rings. The van der Waals surface area contributed by atoms with Crippen molar-refractivity contribution in [2.75, 3.05) is 0 Å². The zero-order valence-corrected chi connectivity index (χ0v) is 17.7. The fraction of sp³-hybridized carbons (Fsp3) is 0.280. The Balaban J connectivity index is 1.46. The Hall–Kier alpha value is -3.74. The van der Waals surface area contributed by atoms with Crippen LogP contribution in [0.3, 0.4) is 0 Å². The second-order valence-electron chi connectivity index (χ2n) is 8.49. The number of nitrogens with zero attached hydrogens (tertiary/aromatic N) is 1. The normalized spacial score (nSPS) is 15.9. The summed E-state index contributed by atoms with van der Waals surface area (Å²) in [4.78, 5) is 52.1. The van der Waals surface area contributed by atoms with E-state index < -0.39 is 23.8 Å². The Morgan fingerprint density at radius 3 is 2.28 bits per heavy atom. The van der Waals surface area contributed by atoms with Gasteiger partial charge in [0.1, 0.15) is 17.4 Å². The molecular formula is C25H21NO6. The average Bonchev–Trinajstić information content (AvgIpc) is 3.34. The number of imide groups is 1. The molecule has 2 amide bonds. The third-order valence-corrected chi connectivity index (χ3v) is 6.14. The van der Waals surface area contributed by atoms with Gasteiger partial charge >= 0.3 is 11.6 Å². The summed E-state index contributed by atoms with van der Waals surface area (Å²) < 4.78 is 11.0. The van der Waals surface area contributed by atoms with Crippen LogP contribution in [-0.4, -0.2) is 28.7 Å². The number of esters is 1. The van der Waals surface area contributed by atoms with Crippen molar-refractivity contribution in [1.82, 2.24) is 4.90 Å². The van der Waals surface area contributed by atoms with E-state index in [1.165, 1.54) is 6.07 Å². The Morgan fingerprint density at radius 1 is 0.969 bits per heavy atom. The summed E-state index contributed by atoms with van der Waals surface area (Å²) in [6, 6.07) is 10.3. The lowest BCUT2D eigenvalue weighted by Crippen LogP contribution is -2.49. The van der Waals surface area contributed by atoms with Crippen LogP contribution in [0.5, 0.6) is 5.75 Å². The molecule has 162 valence electrons. The van der Waals surface area contributed by atoms with E-state index in [1.54, 1.807) is 50.2 Å². The first-order valence-electron chi connectivity index (χ1n) is 10.6. The van der Waals surface area contributed by atoms with Crippen LogP contribution >= 0.6 is 0 Å². The Morgan fingerprint density at radius 2 is 1.62 bits per heavy atom. The second-order valence-corrected chi connectivity index (χ2v) is 8.49. The molecule has 1 unspecified atom stereocenters. The van der Waals surface area contributed by atoms with E-state index in [0.717, 1.165) is 28.7 Å². The summed E-state index contributed by atoms with van der Waals surface area (Å²) in [6.07, 6.45) is 2.43. The third kappa shape index (κ3) is 3.04. The smallest absolute Gasteiger partial charge is 0.339 e. The summed E-state index contributed by atoms with van der Waals surface area (Å²) in [7, 11) is 0. The average molecular weight is 431 g/mol. The van der Waals surface area contributed by atoms with E-state index in [0.29, 0.717) is 17.6 Å². The molecule has 32 heavy (non-hydrogen) atoms. The fourth-order valence-electron chi connectivity index (χ4n) is 4.64. The van der Waals surface area contributed by atoms with E-state index in [4.69, 9.17) is 9.15 Å². The molecule has 0 spiro atoms. The molecule has 0 radical (unpaired) electrons. The van der Waals surface area contributed by atoms with Crippen molar-refractivity contribution in [3.05, 3.63) is 75.1 Å². The van der Waals surface area contributed by atoms with Gasteiger partial charge in [0.05, 0.1) is 11.1 Å². The number of ether oxygens (including phenoxy) is 1. The molecule has 2 aromatic carbocycles. The zero-order chi connectivity index (χ0) is 22.6. The van der Waals surface area contributed by atoms with E-state index >= 15 is 0 Å². The molecule has 2 heterocycles. The number of carbonyl (C=O) groups excluding carboxylic acids is 3. The molecule has 2 aliphatic rings. The first-order chi connectivity index (χ1) is 15.4. The SMILES string of the molecule is CC(C)C(C(=O)Oc1ccc2c3c(c(=O)oc2c1)CCC3)N1C(=O)c2ccccc2C1=O. The molecule has 7 nitrogen and oxygen atoms in total. The largest absolute Gasteiger partial charge is 0.425 e. The number of benzene rings is 2. The minimum absolute atomic E-state index is 0.186. The second kappa shape index (κ2) is 7.44. The van der Waals surface area contributed by atoms with Crippen molar-refractivity contribution in [1.29, 1.82) is 0 Å². The van der Waals surface area contributed by atoms with Gasteiger partial charge in [-0.25, -0.2) is 9.59 Å². The van der Waals surface area contributed by atoms with E-state index in [1.807, 2.05) is 0 Å². The van der Waals surface area contributed by atoms with Gasteiger partial charge in [-0.05, 0) is 55.0 Å². The summed E-state index contributed by atoms with van der Waals surface area (Å²) in [5.41, 5.74) is 2.24. The summed E-state index contributed by atoms with van der Waals surface area (Å²) in [5.74, 6) is -1.93. The van der Waals surface area contributed by atoms with Gasteiger partial charge in [0.25, 0.3) is 11.8 Å². The molecule has 0 fully saturated rings. The molecule has 0 saturated carbocycles. The predicted octanol–water partition coefficient (Wildman–Crippen LogP) is 3.51. The van der Waals surface area contributed by atoms with Crippen LogP contribution in [0.2, 0.25) is 0 Å². The third-order valence-electron chi connectivity index (χ3n) is 6.14. The molecule has 7 heteroatoms. The molecule has 0 N–H and O–H groups in total. The van der Waals surface area contributed by atoms with Crippen molar-refractivity contribution < 1.29 is 23.5 Å². The highest BCUT2D eigenvalue weighted by Crippen LogP contribution is 2.31. The molecule has 0 bridgehead atoms.